The van der Waals surface area contributed by atoms with Crippen LogP contribution in [0.3, 0.4) is 0 Å². The van der Waals surface area contributed by atoms with Crippen molar-refractivity contribution in [2.75, 3.05) is 0 Å². The molecule has 0 atom stereocenters. The minimum Gasteiger partial charge on any atom is -0.149 e. The molecule has 0 aliphatic heterocycles. The Hall–Kier alpha value is 0.499. The van der Waals surface area contributed by atoms with E-state index in [-0.39, 0.29) is 23.9 Å². The molecule has 9 heavy (non-hydrogen) atoms. The molecular formula is C7H10SSn. The summed E-state index contributed by atoms with van der Waals surface area (Å²) in [6.07, 6.45) is 0. The summed E-state index contributed by atoms with van der Waals surface area (Å²) >= 11 is 1.83. The SMILES string of the molecule is Cc1csc(C)c1C.[Sn]. The van der Waals surface area contributed by atoms with E-state index in [1.165, 1.54) is 16.0 Å². The van der Waals surface area contributed by atoms with Gasteiger partial charge in [-0.05, 0) is 37.3 Å². The van der Waals surface area contributed by atoms with Crippen molar-refractivity contribution < 1.29 is 0 Å². The van der Waals surface area contributed by atoms with E-state index in [0.717, 1.165) is 0 Å². The van der Waals surface area contributed by atoms with Crippen molar-refractivity contribution in [3.05, 3.63) is 21.4 Å². The fourth-order valence-electron chi connectivity index (χ4n) is 0.631. The van der Waals surface area contributed by atoms with Gasteiger partial charge in [-0.25, -0.2) is 0 Å². The van der Waals surface area contributed by atoms with Gasteiger partial charge in [0.05, 0.1) is 0 Å². The molecule has 0 bridgehead atoms. The van der Waals surface area contributed by atoms with E-state index < -0.39 is 0 Å². The first-order valence-electron chi connectivity index (χ1n) is 2.73. The van der Waals surface area contributed by atoms with Crippen LogP contribution < -0.4 is 0 Å². The average molecular weight is 245 g/mol. The summed E-state index contributed by atoms with van der Waals surface area (Å²) in [6.45, 7) is 6.48. The van der Waals surface area contributed by atoms with Crippen LogP contribution in [-0.4, -0.2) is 23.9 Å². The molecule has 0 unspecified atom stereocenters. The van der Waals surface area contributed by atoms with E-state index in [2.05, 4.69) is 26.2 Å². The summed E-state index contributed by atoms with van der Waals surface area (Å²) in [6, 6.07) is 0. The van der Waals surface area contributed by atoms with Crippen molar-refractivity contribution in [1.29, 1.82) is 0 Å². The number of hydrogen-bond donors (Lipinski definition) is 0. The second-order valence-corrected chi connectivity index (χ2v) is 3.18. The Morgan fingerprint density at radius 3 is 1.89 bits per heavy atom. The van der Waals surface area contributed by atoms with Gasteiger partial charge in [0, 0.05) is 28.8 Å². The molecule has 4 radical (unpaired) electrons. The summed E-state index contributed by atoms with van der Waals surface area (Å²) in [7, 11) is 0. The van der Waals surface area contributed by atoms with Crippen LogP contribution in [0.1, 0.15) is 16.0 Å². The number of thiophene rings is 1. The summed E-state index contributed by atoms with van der Waals surface area (Å²) in [5, 5.41) is 2.20. The third-order valence-electron chi connectivity index (χ3n) is 1.53. The maximum absolute atomic E-state index is 2.20. The Bertz CT molecular complexity index is 171. The molecule has 0 aromatic carbocycles. The average Bonchev–Trinajstić information content (AvgIpc) is 1.98. The van der Waals surface area contributed by atoms with Crippen molar-refractivity contribution in [2.24, 2.45) is 0 Å². The Kier molecular flexibility index (Phi) is 3.81. The molecule has 1 heterocycles. The van der Waals surface area contributed by atoms with Gasteiger partial charge in [-0.15, -0.1) is 11.3 Å². The molecule has 0 saturated heterocycles. The normalized spacial score (nSPS) is 8.78. The van der Waals surface area contributed by atoms with Crippen LogP contribution in [0.25, 0.3) is 0 Å². The summed E-state index contributed by atoms with van der Waals surface area (Å²) in [5.41, 5.74) is 2.88. The van der Waals surface area contributed by atoms with Gasteiger partial charge in [-0.3, -0.25) is 0 Å². The molecule has 48 valence electrons. The second kappa shape index (κ2) is 3.61. The fraction of sp³-hybridized carbons (Fsp3) is 0.429. The predicted octanol–water partition coefficient (Wildman–Crippen LogP) is 2.29. The van der Waals surface area contributed by atoms with E-state index >= 15 is 0 Å². The van der Waals surface area contributed by atoms with E-state index in [9.17, 15) is 0 Å². The molecule has 0 amide bonds. The zero-order chi connectivity index (χ0) is 6.15. The van der Waals surface area contributed by atoms with Gasteiger partial charge in [0.25, 0.3) is 0 Å². The van der Waals surface area contributed by atoms with Gasteiger partial charge in [-0.2, -0.15) is 0 Å². The number of rotatable bonds is 0. The zero-order valence-corrected chi connectivity index (χ0v) is 9.66. The van der Waals surface area contributed by atoms with Crippen LogP contribution in [0.5, 0.6) is 0 Å². The van der Waals surface area contributed by atoms with E-state index in [1.807, 2.05) is 11.3 Å². The van der Waals surface area contributed by atoms with Crippen LogP contribution in [0.15, 0.2) is 5.38 Å². The Morgan fingerprint density at radius 2 is 1.78 bits per heavy atom. The van der Waals surface area contributed by atoms with Crippen molar-refractivity contribution in [1.82, 2.24) is 0 Å². The molecule has 0 aliphatic carbocycles. The van der Waals surface area contributed by atoms with Gasteiger partial charge >= 0.3 is 0 Å². The molecule has 0 fully saturated rings. The summed E-state index contributed by atoms with van der Waals surface area (Å²) in [5.74, 6) is 0. The molecule has 1 rings (SSSR count). The third kappa shape index (κ3) is 1.97. The van der Waals surface area contributed by atoms with Crippen molar-refractivity contribution in [3.8, 4) is 0 Å². The first-order valence-corrected chi connectivity index (χ1v) is 3.61. The maximum Gasteiger partial charge on any atom is 0.00461 e. The van der Waals surface area contributed by atoms with Gasteiger partial charge in [-0.1, -0.05) is 0 Å². The molecule has 0 nitrogen and oxygen atoms in total. The van der Waals surface area contributed by atoms with E-state index in [1.54, 1.807) is 0 Å². The van der Waals surface area contributed by atoms with Gasteiger partial charge in [0.1, 0.15) is 0 Å². The van der Waals surface area contributed by atoms with Crippen molar-refractivity contribution in [3.63, 3.8) is 0 Å². The molecule has 1 aromatic heterocycles. The Labute approximate surface area is 77.2 Å². The summed E-state index contributed by atoms with van der Waals surface area (Å²) < 4.78 is 0. The minimum atomic E-state index is 0. The van der Waals surface area contributed by atoms with Crippen molar-refractivity contribution >= 4 is 35.2 Å². The number of aryl methyl sites for hydroxylation is 2. The molecule has 0 saturated carbocycles. The molecular weight excluding hydrogens is 235 g/mol. The summed E-state index contributed by atoms with van der Waals surface area (Å²) in [4.78, 5) is 1.45. The van der Waals surface area contributed by atoms with E-state index in [4.69, 9.17) is 0 Å². The third-order valence-corrected chi connectivity index (χ3v) is 2.66. The standard InChI is InChI=1S/C7H10S.Sn/c1-5-4-8-7(3)6(5)2;/h4H,1-3H3;. The predicted molar refractivity (Wildman–Crippen MR) is 44.3 cm³/mol. The Balaban J connectivity index is 0.000000640. The monoisotopic (exact) mass is 246 g/mol. The van der Waals surface area contributed by atoms with Crippen LogP contribution >= 0.6 is 11.3 Å². The van der Waals surface area contributed by atoms with Crippen molar-refractivity contribution in [2.45, 2.75) is 20.8 Å². The first-order chi connectivity index (χ1) is 3.72. The molecule has 0 N–H and O–H groups in total. The van der Waals surface area contributed by atoms with E-state index in [0.29, 0.717) is 0 Å². The van der Waals surface area contributed by atoms with Crippen LogP contribution in [0.2, 0.25) is 0 Å². The van der Waals surface area contributed by atoms with Crippen LogP contribution in [0.4, 0.5) is 0 Å². The smallest absolute Gasteiger partial charge is 0.00461 e. The van der Waals surface area contributed by atoms with Crippen LogP contribution in [-0.2, 0) is 0 Å². The largest absolute Gasteiger partial charge is 0.149 e. The molecule has 0 aliphatic rings. The molecule has 2 heteroatoms. The molecule has 1 aromatic rings. The van der Waals surface area contributed by atoms with Crippen LogP contribution in [0, 0.1) is 20.8 Å². The van der Waals surface area contributed by atoms with Gasteiger partial charge in [0.2, 0.25) is 0 Å². The van der Waals surface area contributed by atoms with Gasteiger partial charge in [0.15, 0.2) is 0 Å². The minimum absolute atomic E-state index is 0. The number of hydrogen-bond acceptors (Lipinski definition) is 1. The topological polar surface area (TPSA) is 0 Å². The maximum atomic E-state index is 2.20. The zero-order valence-electron chi connectivity index (χ0n) is 5.99. The first kappa shape index (κ1) is 9.50. The second-order valence-electron chi connectivity index (χ2n) is 2.10. The quantitative estimate of drug-likeness (QED) is 0.615. The van der Waals surface area contributed by atoms with Gasteiger partial charge < -0.3 is 0 Å². The Morgan fingerprint density at radius 1 is 1.22 bits per heavy atom. The fourth-order valence-corrected chi connectivity index (χ4v) is 1.50. The molecule has 0 spiro atoms.